The van der Waals surface area contributed by atoms with E-state index in [9.17, 15) is 13.2 Å². The third-order valence-electron chi connectivity index (χ3n) is 5.68. The Morgan fingerprint density at radius 3 is 2.29 bits per heavy atom. The summed E-state index contributed by atoms with van der Waals surface area (Å²) in [5.41, 5.74) is -1.09. The van der Waals surface area contributed by atoms with E-state index in [1.165, 1.54) is 21.9 Å². The van der Waals surface area contributed by atoms with Gasteiger partial charge in [-0.25, -0.2) is 12.7 Å². The molecule has 1 saturated heterocycles. The number of sulfonamides is 1. The highest BCUT2D eigenvalue weighted by molar-refractivity contribution is 7.88. The lowest BCUT2D eigenvalue weighted by molar-refractivity contribution is -0.127. The van der Waals surface area contributed by atoms with Crippen LogP contribution in [0.3, 0.4) is 0 Å². The summed E-state index contributed by atoms with van der Waals surface area (Å²) < 4.78 is 24.9. The van der Waals surface area contributed by atoms with Crippen LogP contribution in [0.25, 0.3) is 0 Å². The zero-order chi connectivity index (χ0) is 21.3. The number of nitrogens with one attached hydrogen (secondary N) is 2. The molecule has 9 nitrogen and oxygen atoms in total. The standard InChI is InChI=1S/C17H32N6O3S2/c1-16(2,18-5)14-20-21-15(27-14)19-13(24)17(3,4)22(6)12-8-10-23(11-9-12)28(7,25)26/h12,18H,8-11H2,1-7H3,(H,19,21,24). The molecule has 1 aromatic heterocycles. The zero-order valence-corrected chi connectivity index (χ0v) is 19.4. The van der Waals surface area contributed by atoms with E-state index in [-0.39, 0.29) is 17.5 Å². The molecule has 1 aliphatic rings. The number of hydrogen-bond acceptors (Lipinski definition) is 8. The molecule has 0 bridgehead atoms. The van der Waals surface area contributed by atoms with Crippen LogP contribution in [0.15, 0.2) is 0 Å². The van der Waals surface area contributed by atoms with Crippen molar-refractivity contribution in [3.63, 3.8) is 0 Å². The lowest BCUT2D eigenvalue weighted by Crippen LogP contribution is -2.57. The summed E-state index contributed by atoms with van der Waals surface area (Å²) in [6.07, 6.45) is 2.62. The van der Waals surface area contributed by atoms with Gasteiger partial charge in [-0.3, -0.25) is 15.0 Å². The second kappa shape index (κ2) is 8.31. The molecular formula is C17H32N6O3S2. The van der Waals surface area contributed by atoms with Crippen LogP contribution in [0, 0.1) is 0 Å². The van der Waals surface area contributed by atoms with E-state index in [1.54, 1.807) is 0 Å². The number of hydrogen-bond donors (Lipinski definition) is 2. The van der Waals surface area contributed by atoms with Gasteiger partial charge in [-0.05, 0) is 54.6 Å². The maximum absolute atomic E-state index is 12.9. The van der Waals surface area contributed by atoms with Crippen LogP contribution >= 0.6 is 11.3 Å². The van der Waals surface area contributed by atoms with Crippen molar-refractivity contribution in [2.24, 2.45) is 0 Å². The van der Waals surface area contributed by atoms with Gasteiger partial charge >= 0.3 is 0 Å². The molecule has 2 N–H and O–H groups in total. The number of amides is 1. The number of aromatic nitrogens is 2. The Morgan fingerprint density at radius 1 is 1.21 bits per heavy atom. The van der Waals surface area contributed by atoms with Crippen molar-refractivity contribution in [3.8, 4) is 0 Å². The minimum Gasteiger partial charge on any atom is -0.309 e. The van der Waals surface area contributed by atoms with Crippen molar-refractivity contribution in [2.75, 3.05) is 38.8 Å². The number of carbonyl (C=O) groups is 1. The minimum absolute atomic E-state index is 0.131. The summed E-state index contributed by atoms with van der Waals surface area (Å²) >= 11 is 1.35. The molecule has 1 aliphatic heterocycles. The zero-order valence-electron chi connectivity index (χ0n) is 17.7. The lowest BCUT2D eigenvalue weighted by Gasteiger charge is -2.43. The van der Waals surface area contributed by atoms with Gasteiger partial charge < -0.3 is 5.32 Å². The number of nitrogens with zero attached hydrogens (tertiary/aromatic N) is 4. The van der Waals surface area contributed by atoms with Gasteiger partial charge in [0.2, 0.25) is 21.1 Å². The second-order valence-corrected chi connectivity index (χ2v) is 11.3. The minimum atomic E-state index is -3.16. The third kappa shape index (κ3) is 5.07. The van der Waals surface area contributed by atoms with Gasteiger partial charge in [0.05, 0.1) is 17.3 Å². The van der Waals surface area contributed by atoms with Crippen LogP contribution in [-0.4, -0.2) is 78.7 Å². The van der Waals surface area contributed by atoms with Crippen LogP contribution < -0.4 is 10.6 Å². The number of carbonyl (C=O) groups excluding carboxylic acids is 1. The molecule has 0 saturated carbocycles. The SMILES string of the molecule is CNC(C)(C)c1nnc(NC(=O)C(C)(C)N(C)C2CCN(S(C)(=O)=O)CC2)s1. The van der Waals surface area contributed by atoms with Gasteiger partial charge in [-0.1, -0.05) is 11.3 Å². The molecule has 0 atom stereocenters. The van der Waals surface area contributed by atoms with Crippen molar-refractivity contribution in [1.82, 2.24) is 24.7 Å². The number of piperidine rings is 1. The van der Waals surface area contributed by atoms with Crippen molar-refractivity contribution in [1.29, 1.82) is 0 Å². The molecule has 0 aromatic carbocycles. The Balaban J connectivity index is 2.02. The summed E-state index contributed by atoms with van der Waals surface area (Å²) in [7, 11) is 0.604. The highest BCUT2D eigenvalue weighted by atomic mass is 32.2. The summed E-state index contributed by atoms with van der Waals surface area (Å²) in [6, 6.07) is 0.131. The first-order valence-electron chi connectivity index (χ1n) is 9.31. The molecule has 0 radical (unpaired) electrons. The second-order valence-electron chi connectivity index (χ2n) is 8.30. The molecule has 0 aliphatic carbocycles. The number of likely N-dealkylation sites (N-methyl/N-ethyl adjacent to an activating group) is 1. The fourth-order valence-corrected chi connectivity index (χ4v) is 4.78. The fourth-order valence-electron chi connectivity index (χ4n) is 3.06. The van der Waals surface area contributed by atoms with Crippen LogP contribution in [0.5, 0.6) is 0 Å². The first-order chi connectivity index (χ1) is 12.8. The van der Waals surface area contributed by atoms with Crippen LogP contribution in [0.1, 0.15) is 45.5 Å². The van der Waals surface area contributed by atoms with Crippen molar-refractivity contribution >= 4 is 32.4 Å². The van der Waals surface area contributed by atoms with Crippen molar-refractivity contribution in [2.45, 2.75) is 57.7 Å². The molecule has 160 valence electrons. The first-order valence-corrected chi connectivity index (χ1v) is 12.0. The predicted octanol–water partition coefficient (Wildman–Crippen LogP) is 1.07. The predicted molar refractivity (Wildman–Crippen MR) is 112 cm³/mol. The summed E-state index contributed by atoms with van der Waals surface area (Å²) in [5, 5.41) is 15.6. The van der Waals surface area contributed by atoms with Crippen LogP contribution in [-0.2, 0) is 20.4 Å². The van der Waals surface area contributed by atoms with Crippen molar-refractivity contribution < 1.29 is 13.2 Å². The normalized spacial score (nSPS) is 17.9. The Hall–Kier alpha value is -1.14. The van der Waals surface area contributed by atoms with E-state index >= 15 is 0 Å². The van der Waals surface area contributed by atoms with E-state index in [0.717, 1.165) is 5.01 Å². The smallest absolute Gasteiger partial charge is 0.246 e. The van der Waals surface area contributed by atoms with Gasteiger partial charge in [0, 0.05) is 19.1 Å². The topological polar surface area (TPSA) is 108 Å². The summed E-state index contributed by atoms with van der Waals surface area (Å²) in [5.74, 6) is -0.162. The summed E-state index contributed by atoms with van der Waals surface area (Å²) in [6.45, 7) is 8.68. The van der Waals surface area contributed by atoms with Crippen molar-refractivity contribution in [3.05, 3.63) is 5.01 Å². The van der Waals surface area contributed by atoms with E-state index in [1.807, 2.05) is 46.7 Å². The summed E-state index contributed by atoms with van der Waals surface area (Å²) in [4.78, 5) is 15.0. The molecule has 28 heavy (non-hydrogen) atoms. The number of anilines is 1. The average Bonchev–Trinajstić information content (AvgIpc) is 3.09. The highest BCUT2D eigenvalue weighted by Crippen LogP contribution is 2.28. The fraction of sp³-hybridized carbons (Fsp3) is 0.824. The Kier molecular flexibility index (Phi) is 6.87. The van der Waals surface area contributed by atoms with Gasteiger partial charge in [0.1, 0.15) is 5.01 Å². The maximum atomic E-state index is 12.9. The highest BCUT2D eigenvalue weighted by Gasteiger charge is 2.39. The van der Waals surface area contributed by atoms with Crippen LogP contribution in [0.2, 0.25) is 0 Å². The largest absolute Gasteiger partial charge is 0.309 e. The molecule has 1 aromatic rings. The third-order valence-corrected chi connectivity index (χ3v) is 8.15. The molecular weight excluding hydrogens is 400 g/mol. The quantitative estimate of drug-likeness (QED) is 0.663. The van der Waals surface area contributed by atoms with E-state index in [4.69, 9.17) is 0 Å². The Bertz CT molecular complexity index is 798. The molecule has 11 heteroatoms. The van der Waals surface area contributed by atoms with E-state index in [0.29, 0.717) is 31.1 Å². The molecule has 1 amide bonds. The van der Waals surface area contributed by atoms with Crippen LogP contribution in [0.4, 0.5) is 5.13 Å². The Morgan fingerprint density at radius 2 is 1.79 bits per heavy atom. The van der Waals surface area contributed by atoms with E-state index in [2.05, 4.69) is 20.8 Å². The molecule has 1 fully saturated rings. The van der Waals surface area contributed by atoms with E-state index < -0.39 is 15.6 Å². The van der Waals surface area contributed by atoms with Gasteiger partial charge in [-0.2, -0.15) is 0 Å². The average molecular weight is 433 g/mol. The molecule has 2 heterocycles. The lowest BCUT2D eigenvalue weighted by atomic mass is 9.95. The van der Waals surface area contributed by atoms with Gasteiger partial charge in [-0.15, -0.1) is 10.2 Å². The first kappa shape index (κ1) is 23.1. The number of rotatable bonds is 7. The molecule has 0 spiro atoms. The monoisotopic (exact) mass is 432 g/mol. The van der Waals surface area contributed by atoms with Gasteiger partial charge in [0.25, 0.3) is 0 Å². The van der Waals surface area contributed by atoms with Gasteiger partial charge in [0.15, 0.2) is 0 Å². The molecule has 2 rings (SSSR count). The molecule has 0 unspecified atom stereocenters. The maximum Gasteiger partial charge on any atom is 0.246 e. The Labute approximate surface area is 171 Å².